The second-order valence-corrected chi connectivity index (χ2v) is 4.10. The van der Waals surface area contributed by atoms with Gasteiger partial charge in [-0.25, -0.2) is 0 Å². The molecule has 1 atom stereocenters. The average Bonchev–Trinajstić information content (AvgIpc) is 2.72. The molecule has 16 heavy (non-hydrogen) atoms. The molecular weight excluding hydrogens is 208 g/mol. The summed E-state index contributed by atoms with van der Waals surface area (Å²) in [5.41, 5.74) is 0.996. The Hall–Kier alpha value is -0.870. The molecule has 92 valence electrons. The fourth-order valence-corrected chi connectivity index (χ4v) is 1.79. The van der Waals surface area contributed by atoms with E-state index >= 15 is 0 Å². The van der Waals surface area contributed by atoms with Crippen molar-refractivity contribution in [2.45, 2.75) is 32.5 Å². The summed E-state index contributed by atoms with van der Waals surface area (Å²) in [6, 6.07) is 0. The maximum Gasteiger partial charge on any atom is 0.314 e. The minimum absolute atomic E-state index is 0.306. The highest BCUT2D eigenvalue weighted by Gasteiger charge is 2.44. The first-order valence-electron chi connectivity index (χ1n) is 5.56. The van der Waals surface area contributed by atoms with Crippen LogP contribution in [0.15, 0.2) is 12.2 Å². The van der Waals surface area contributed by atoms with Crippen LogP contribution in [0.25, 0.3) is 0 Å². The Kier molecular flexibility index (Phi) is 4.50. The molecule has 1 rings (SSSR count). The van der Waals surface area contributed by atoms with Crippen LogP contribution in [0.4, 0.5) is 0 Å². The lowest BCUT2D eigenvalue weighted by Gasteiger charge is -2.30. The van der Waals surface area contributed by atoms with Crippen molar-refractivity contribution in [3.63, 3.8) is 0 Å². The van der Waals surface area contributed by atoms with Gasteiger partial charge in [-0.15, -0.1) is 0 Å². The maximum atomic E-state index is 11.7. The van der Waals surface area contributed by atoms with E-state index in [1.54, 1.807) is 6.92 Å². The molecule has 1 heterocycles. The summed E-state index contributed by atoms with van der Waals surface area (Å²) in [6.07, 6.45) is 1.38. The van der Waals surface area contributed by atoms with Gasteiger partial charge < -0.3 is 14.2 Å². The summed E-state index contributed by atoms with van der Waals surface area (Å²) >= 11 is 0. The summed E-state index contributed by atoms with van der Waals surface area (Å²) in [6.45, 7) is 8.74. The Balaban J connectivity index is 2.78. The minimum Gasteiger partial charge on any atom is -0.469 e. The third-order valence-electron chi connectivity index (χ3n) is 2.97. The zero-order valence-corrected chi connectivity index (χ0v) is 10.2. The van der Waals surface area contributed by atoms with E-state index in [9.17, 15) is 4.79 Å². The molecule has 1 aliphatic heterocycles. The van der Waals surface area contributed by atoms with Crippen LogP contribution in [0, 0.1) is 5.92 Å². The summed E-state index contributed by atoms with van der Waals surface area (Å²) in [7, 11) is 1.38. The predicted molar refractivity (Wildman–Crippen MR) is 59.9 cm³/mol. The molecule has 0 radical (unpaired) electrons. The number of hydrogen-bond acceptors (Lipinski definition) is 4. The van der Waals surface area contributed by atoms with Crippen molar-refractivity contribution in [1.29, 1.82) is 0 Å². The molecule has 0 saturated carbocycles. The lowest BCUT2D eigenvalue weighted by atomic mass is 9.91. The quantitative estimate of drug-likeness (QED) is 0.532. The number of hydrogen-bond donors (Lipinski definition) is 0. The van der Waals surface area contributed by atoms with E-state index in [1.165, 1.54) is 7.11 Å². The molecule has 1 unspecified atom stereocenters. The van der Waals surface area contributed by atoms with Gasteiger partial charge in [0.2, 0.25) is 0 Å². The van der Waals surface area contributed by atoms with Gasteiger partial charge in [0.25, 0.3) is 0 Å². The van der Waals surface area contributed by atoms with Gasteiger partial charge in [-0.05, 0) is 19.8 Å². The lowest BCUT2D eigenvalue weighted by Crippen LogP contribution is -2.41. The molecule has 0 aromatic rings. The van der Waals surface area contributed by atoms with Crippen LogP contribution >= 0.6 is 0 Å². The standard InChI is InChI=1S/C12H20O4/c1-5-9(2)8-10(11(13)14-4)12(3)15-6-7-16-12/h10H,2,5-8H2,1,3-4H3. The highest BCUT2D eigenvalue weighted by Crippen LogP contribution is 2.33. The largest absolute Gasteiger partial charge is 0.469 e. The molecule has 0 aliphatic carbocycles. The van der Waals surface area contributed by atoms with Crippen LogP contribution in [-0.4, -0.2) is 32.1 Å². The van der Waals surface area contributed by atoms with Gasteiger partial charge >= 0.3 is 5.97 Å². The molecule has 4 nitrogen and oxygen atoms in total. The number of rotatable bonds is 5. The van der Waals surface area contributed by atoms with Gasteiger partial charge in [0.05, 0.1) is 20.3 Å². The van der Waals surface area contributed by atoms with Crippen molar-refractivity contribution in [3.8, 4) is 0 Å². The zero-order chi connectivity index (χ0) is 12.2. The second-order valence-electron chi connectivity index (χ2n) is 4.10. The summed E-state index contributed by atoms with van der Waals surface area (Å²) < 4.78 is 15.8. The number of esters is 1. The van der Waals surface area contributed by atoms with E-state index in [1.807, 2.05) is 6.92 Å². The fraction of sp³-hybridized carbons (Fsp3) is 0.750. The fourth-order valence-electron chi connectivity index (χ4n) is 1.79. The molecular formula is C12H20O4. The second kappa shape index (κ2) is 5.46. The molecule has 1 aliphatic rings. The van der Waals surface area contributed by atoms with Crippen LogP contribution in [0.1, 0.15) is 26.7 Å². The van der Waals surface area contributed by atoms with E-state index < -0.39 is 11.7 Å². The van der Waals surface area contributed by atoms with Crippen molar-refractivity contribution < 1.29 is 19.0 Å². The summed E-state index contributed by atoms with van der Waals surface area (Å²) in [5, 5.41) is 0. The first kappa shape index (κ1) is 13.2. The molecule has 4 heteroatoms. The third kappa shape index (κ3) is 2.83. The van der Waals surface area contributed by atoms with Gasteiger partial charge in [-0.2, -0.15) is 0 Å². The highest BCUT2D eigenvalue weighted by molar-refractivity contribution is 5.73. The van der Waals surface area contributed by atoms with Gasteiger partial charge in [-0.1, -0.05) is 19.1 Å². The Morgan fingerprint density at radius 2 is 2.06 bits per heavy atom. The van der Waals surface area contributed by atoms with E-state index in [0.717, 1.165) is 12.0 Å². The average molecular weight is 228 g/mol. The molecule has 0 N–H and O–H groups in total. The minimum atomic E-state index is -0.870. The molecule has 0 aromatic heterocycles. The monoisotopic (exact) mass is 228 g/mol. The predicted octanol–water partition coefficient (Wildman–Crippen LogP) is 1.89. The number of methoxy groups -OCH3 is 1. The van der Waals surface area contributed by atoms with Crippen molar-refractivity contribution >= 4 is 5.97 Å². The molecule has 0 aromatic carbocycles. The maximum absolute atomic E-state index is 11.7. The lowest BCUT2D eigenvalue weighted by molar-refractivity contribution is -0.198. The molecule has 0 bridgehead atoms. The van der Waals surface area contributed by atoms with E-state index in [2.05, 4.69) is 6.58 Å². The van der Waals surface area contributed by atoms with Gasteiger partial charge in [0.15, 0.2) is 5.79 Å². The number of carbonyl (C=O) groups excluding carboxylic acids is 1. The van der Waals surface area contributed by atoms with Crippen LogP contribution in [0.3, 0.4) is 0 Å². The molecule has 1 saturated heterocycles. The first-order chi connectivity index (χ1) is 7.53. The zero-order valence-electron chi connectivity index (χ0n) is 10.2. The topological polar surface area (TPSA) is 44.8 Å². The Morgan fingerprint density at radius 3 is 2.50 bits per heavy atom. The third-order valence-corrected chi connectivity index (χ3v) is 2.97. The van der Waals surface area contributed by atoms with Crippen molar-refractivity contribution in [2.75, 3.05) is 20.3 Å². The SMILES string of the molecule is C=C(CC)CC(C(=O)OC)C1(C)OCCO1. The van der Waals surface area contributed by atoms with E-state index in [0.29, 0.717) is 19.6 Å². The van der Waals surface area contributed by atoms with Crippen molar-refractivity contribution in [2.24, 2.45) is 5.92 Å². The van der Waals surface area contributed by atoms with Gasteiger partial charge in [0, 0.05) is 0 Å². The first-order valence-corrected chi connectivity index (χ1v) is 5.56. The van der Waals surface area contributed by atoms with Crippen molar-refractivity contribution in [3.05, 3.63) is 12.2 Å². The Labute approximate surface area is 96.6 Å². The Morgan fingerprint density at radius 1 is 1.50 bits per heavy atom. The van der Waals surface area contributed by atoms with E-state index in [-0.39, 0.29) is 5.97 Å². The molecule has 0 spiro atoms. The normalized spacial score (nSPS) is 20.4. The highest BCUT2D eigenvalue weighted by atomic mass is 16.7. The van der Waals surface area contributed by atoms with E-state index in [4.69, 9.17) is 14.2 Å². The Bertz CT molecular complexity index is 266. The molecule has 0 amide bonds. The smallest absolute Gasteiger partial charge is 0.314 e. The number of ether oxygens (including phenoxy) is 3. The molecule has 1 fully saturated rings. The number of carbonyl (C=O) groups is 1. The van der Waals surface area contributed by atoms with Crippen LogP contribution in [-0.2, 0) is 19.0 Å². The summed E-state index contributed by atoms with van der Waals surface area (Å²) in [5.74, 6) is -1.61. The summed E-state index contributed by atoms with van der Waals surface area (Å²) in [4.78, 5) is 11.7. The van der Waals surface area contributed by atoms with Crippen molar-refractivity contribution in [1.82, 2.24) is 0 Å². The van der Waals surface area contributed by atoms with Crippen LogP contribution < -0.4 is 0 Å². The van der Waals surface area contributed by atoms with Gasteiger partial charge in [-0.3, -0.25) is 4.79 Å². The number of allylic oxidation sites excluding steroid dienone is 1. The van der Waals surface area contributed by atoms with Crippen LogP contribution in [0.2, 0.25) is 0 Å². The van der Waals surface area contributed by atoms with Gasteiger partial charge in [0.1, 0.15) is 5.92 Å². The van der Waals surface area contributed by atoms with Crippen LogP contribution in [0.5, 0.6) is 0 Å².